The zero-order valence-electron chi connectivity index (χ0n) is 10.5. The number of anilines is 1. The van der Waals surface area contributed by atoms with Crippen LogP contribution in [0.5, 0.6) is 0 Å². The van der Waals surface area contributed by atoms with Crippen molar-refractivity contribution < 1.29 is 8.42 Å². The van der Waals surface area contributed by atoms with E-state index in [0.29, 0.717) is 0 Å². The van der Waals surface area contributed by atoms with Crippen LogP contribution < -0.4 is 10.0 Å². The van der Waals surface area contributed by atoms with Crippen molar-refractivity contribution in [3.63, 3.8) is 0 Å². The van der Waals surface area contributed by atoms with Crippen molar-refractivity contribution in [2.24, 2.45) is 0 Å². The summed E-state index contributed by atoms with van der Waals surface area (Å²) in [6, 6.07) is 1.71. The first-order chi connectivity index (χ1) is 9.50. The Morgan fingerprint density at radius 3 is 2.80 bits per heavy atom. The largest absolute Gasteiger partial charge is 0.353 e. The third kappa shape index (κ3) is 3.85. The second-order valence-corrected chi connectivity index (χ2v) is 6.01. The first-order valence-electron chi connectivity index (χ1n) is 5.57. The first kappa shape index (κ1) is 14.6. The lowest BCUT2D eigenvalue weighted by Gasteiger charge is -2.06. The fourth-order valence-corrected chi connectivity index (χ4v) is 2.04. The number of hydrogen-bond acceptors (Lipinski definition) is 7. The van der Waals surface area contributed by atoms with Crippen molar-refractivity contribution in [2.45, 2.75) is 0 Å². The predicted molar refractivity (Wildman–Crippen MR) is 73.3 cm³/mol. The topological polar surface area (TPSA) is 115 Å². The van der Waals surface area contributed by atoms with Gasteiger partial charge >= 0.3 is 0 Å². The third-order valence-electron chi connectivity index (χ3n) is 2.27. The molecular formula is C9H12ClN7O2S. The molecule has 0 fully saturated rings. The summed E-state index contributed by atoms with van der Waals surface area (Å²) in [5, 5.41) is 6.73. The maximum absolute atomic E-state index is 11.3. The van der Waals surface area contributed by atoms with Gasteiger partial charge in [-0.1, -0.05) is 0 Å². The molecule has 0 aromatic carbocycles. The number of aromatic nitrogens is 5. The molecule has 0 spiro atoms. The average molecular weight is 318 g/mol. The van der Waals surface area contributed by atoms with Crippen LogP contribution in [0.2, 0.25) is 5.28 Å². The molecule has 0 radical (unpaired) electrons. The smallest absolute Gasteiger partial charge is 0.256 e. The zero-order chi connectivity index (χ0) is 14.6. The van der Waals surface area contributed by atoms with E-state index < -0.39 is 10.0 Å². The van der Waals surface area contributed by atoms with Gasteiger partial charge in [-0.2, -0.15) is 20.1 Å². The van der Waals surface area contributed by atoms with Crippen molar-refractivity contribution in [1.29, 1.82) is 0 Å². The van der Waals surface area contributed by atoms with E-state index in [0.717, 1.165) is 0 Å². The highest BCUT2D eigenvalue weighted by Gasteiger charge is 2.09. The molecule has 9 nitrogen and oxygen atoms in total. The molecule has 2 N–H and O–H groups in total. The number of nitrogens with one attached hydrogen (secondary N) is 2. The fourth-order valence-electron chi connectivity index (χ4n) is 1.31. The molecule has 0 atom stereocenters. The van der Waals surface area contributed by atoms with Crippen LogP contribution in [0.3, 0.4) is 0 Å². The predicted octanol–water partition coefficient (Wildman–Crippen LogP) is -0.328. The van der Waals surface area contributed by atoms with E-state index in [9.17, 15) is 8.42 Å². The quantitative estimate of drug-likeness (QED) is 0.749. The Hall–Kier alpha value is -1.78. The zero-order valence-corrected chi connectivity index (χ0v) is 12.1. The summed E-state index contributed by atoms with van der Waals surface area (Å²) < 4.78 is 26.2. The van der Waals surface area contributed by atoms with Gasteiger partial charge in [-0.3, -0.25) is 0 Å². The van der Waals surface area contributed by atoms with E-state index in [1.807, 2.05) is 0 Å². The number of rotatable bonds is 6. The van der Waals surface area contributed by atoms with E-state index in [2.05, 4.69) is 30.1 Å². The van der Waals surface area contributed by atoms with Gasteiger partial charge in [0.2, 0.25) is 21.3 Å². The minimum atomic E-state index is -3.29. The Balaban J connectivity index is 2.09. The van der Waals surface area contributed by atoms with E-state index in [1.165, 1.54) is 11.7 Å². The molecule has 0 unspecified atom stereocenters. The molecular weight excluding hydrogens is 306 g/mol. The van der Waals surface area contributed by atoms with E-state index >= 15 is 0 Å². The van der Waals surface area contributed by atoms with Crippen LogP contribution in [0.15, 0.2) is 18.5 Å². The Bertz CT molecular complexity index is 674. The van der Waals surface area contributed by atoms with Crippen molar-refractivity contribution in [2.75, 3.05) is 24.7 Å². The van der Waals surface area contributed by atoms with Crippen LogP contribution in [0.25, 0.3) is 5.95 Å². The fraction of sp³-hybridized carbons (Fsp3) is 0.333. The minimum Gasteiger partial charge on any atom is -0.353 e. The van der Waals surface area contributed by atoms with Crippen molar-refractivity contribution in [1.82, 2.24) is 29.5 Å². The standard InChI is InChI=1S/C9H12ClN7O2S/c1-11-20(18,19)6-4-12-8-14-7(10)15-9(16-8)17-5-2-3-13-17/h2-3,5,11H,4,6H2,1H3,(H,12,14,15,16). The van der Waals surface area contributed by atoms with Gasteiger partial charge in [-0.25, -0.2) is 17.8 Å². The average Bonchev–Trinajstić information content (AvgIpc) is 2.92. The third-order valence-corrected chi connectivity index (χ3v) is 3.80. The summed E-state index contributed by atoms with van der Waals surface area (Å²) in [5.41, 5.74) is 0. The number of hydrogen-bond donors (Lipinski definition) is 2. The van der Waals surface area contributed by atoms with E-state index in [1.54, 1.807) is 18.5 Å². The van der Waals surface area contributed by atoms with Crippen molar-refractivity contribution in [3.8, 4) is 5.95 Å². The molecule has 2 heterocycles. The normalized spacial score (nSPS) is 11.5. The van der Waals surface area contributed by atoms with Crippen LogP contribution in [0.4, 0.5) is 5.95 Å². The molecule has 108 valence electrons. The summed E-state index contributed by atoms with van der Waals surface area (Å²) >= 11 is 5.79. The molecule has 2 aromatic rings. The monoisotopic (exact) mass is 317 g/mol. The molecule has 11 heteroatoms. The highest BCUT2D eigenvalue weighted by Crippen LogP contribution is 2.08. The Morgan fingerprint density at radius 2 is 2.15 bits per heavy atom. The molecule has 2 aromatic heterocycles. The number of halogens is 1. The first-order valence-corrected chi connectivity index (χ1v) is 7.60. The van der Waals surface area contributed by atoms with Crippen LogP contribution in [0.1, 0.15) is 0 Å². The van der Waals surface area contributed by atoms with Crippen LogP contribution in [-0.2, 0) is 10.0 Å². The van der Waals surface area contributed by atoms with Gasteiger partial charge in [0.1, 0.15) is 0 Å². The molecule has 2 rings (SSSR count). The van der Waals surface area contributed by atoms with Gasteiger partial charge in [0.15, 0.2) is 0 Å². The maximum atomic E-state index is 11.3. The molecule has 0 aliphatic heterocycles. The van der Waals surface area contributed by atoms with E-state index in [4.69, 9.17) is 11.6 Å². The lowest BCUT2D eigenvalue weighted by atomic mass is 10.7. The molecule has 0 bridgehead atoms. The summed E-state index contributed by atoms with van der Waals surface area (Å²) in [4.78, 5) is 11.9. The lowest BCUT2D eigenvalue weighted by molar-refractivity contribution is 0.588. The van der Waals surface area contributed by atoms with Gasteiger partial charge in [0.25, 0.3) is 5.95 Å². The lowest BCUT2D eigenvalue weighted by Crippen LogP contribution is -2.26. The maximum Gasteiger partial charge on any atom is 0.256 e. The molecule has 0 aliphatic rings. The van der Waals surface area contributed by atoms with Gasteiger partial charge < -0.3 is 5.32 Å². The molecule has 0 saturated heterocycles. The van der Waals surface area contributed by atoms with Gasteiger partial charge in [0.05, 0.1) is 5.75 Å². The van der Waals surface area contributed by atoms with Crippen LogP contribution in [0, 0.1) is 0 Å². The van der Waals surface area contributed by atoms with Crippen molar-refractivity contribution in [3.05, 3.63) is 23.7 Å². The minimum absolute atomic E-state index is 0.00975. The molecule has 0 saturated carbocycles. The Labute approximate surface area is 120 Å². The molecule has 0 amide bonds. The summed E-state index contributed by atoms with van der Waals surface area (Å²) in [6.45, 7) is 0.141. The summed E-state index contributed by atoms with van der Waals surface area (Å²) in [5.74, 6) is 0.319. The van der Waals surface area contributed by atoms with Crippen molar-refractivity contribution >= 4 is 27.6 Å². The second-order valence-electron chi connectivity index (χ2n) is 3.63. The summed E-state index contributed by atoms with van der Waals surface area (Å²) in [7, 11) is -1.94. The summed E-state index contributed by atoms with van der Waals surface area (Å²) in [6.07, 6.45) is 3.23. The molecule has 0 aliphatic carbocycles. The van der Waals surface area contributed by atoms with Gasteiger partial charge in [0, 0.05) is 18.9 Å². The highest BCUT2D eigenvalue weighted by atomic mass is 35.5. The van der Waals surface area contributed by atoms with Crippen LogP contribution in [-0.4, -0.2) is 52.5 Å². The number of nitrogens with zero attached hydrogens (tertiary/aromatic N) is 5. The van der Waals surface area contributed by atoms with E-state index in [-0.39, 0.29) is 29.5 Å². The van der Waals surface area contributed by atoms with Gasteiger partial charge in [-0.15, -0.1) is 0 Å². The number of sulfonamides is 1. The Kier molecular flexibility index (Phi) is 4.47. The molecule has 20 heavy (non-hydrogen) atoms. The SMILES string of the molecule is CNS(=O)(=O)CCNc1nc(Cl)nc(-n2cccn2)n1. The van der Waals surface area contributed by atoms with Crippen LogP contribution >= 0.6 is 11.6 Å². The Morgan fingerprint density at radius 1 is 1.35 bits per heavy atom. The second kappa shape index (κ2) is 6.11. The highest BCUT2D eigenvalue weighted by molar-refractivity contribution is 7.89. The van der Waals surface area contributed by atoms with Gasteiger partial charge in [-0.05, 0) is 24.7 Å².